The number of hydrogen-bond donors (Lipinski definition) is 5. The van der Waals surface area contributed by atoms with Crippen LogP contribution in [0.1, 0.15) is 52.4 Å². The van der Waals surface area contributed by atoms with E-state index in [-0.39, 0.29) is 11.9 Å². The molecule has 170 valence electrons. The minimum atomic E-state index is -1.36. The number of aliphatic hydroxyl groups is 3. The number of carbonyl (C=O) groups is 1. The Morgan fingerprint density at radius 2 is 1.97 bits per heavy atom. The van der Waals surface area contributed by atoms with Crippen molar-refractivity contribution in [3.8, 4) is 0 Å². The zero-order valence-electron chi connectivity index (χ0n) is 17.6. The van der Waals surface area contributed by atoms with Gasteiger partial charge >= 0.3 is 0 Å². The van der Waals surface area contributed by atoms with Crippen molar-refractivity contribution in [3.05, 3.63) is 0 Å². The number of hydrogen-bond acceptors (Lipinski definition) is 7. The zero-order chi connectivity index (χ0) is 21.6. The highest BCUT2D eigenvalue weighted by Crippen LogP contribution is 2.30. The van der Waals surface area contributed by atoms with Gasteiger partial charge in [0.05, 0.1) is 17.5 Å². The van der Waals surface area contributed by atoms with Gasteiger partial charge in [-0.15, -0.1) is 23.4 Å². The zero-order valence-corrected chi connectivity index (χ0v) is 19.2. The molecule has 9 atom stereocenters. The lowest BCUT2D eigenvalue weighted by Crippen LogP contribution is -2.65. The summed E-state index contributed by atoms with van der Waals surface area (Å²) in [7, 11) is 0. The van der Waals surface area contributed by atoms with E-state index < -0.39 is 41.3 Å². The molecule has 0 aliphatic carbocycles. The van der Waals surface area contributed by atoms with Crippen molar-refractivity contribution >= 4 is 29.3 Å². The van der Waals surface area contributed by atoms with Crippen LogP contribution < -0.4 is 10.6 Å². The highest BCUT2D eigenvalue weighted by atomic mass is 35.5. The minimum Gasteiger partial charge on any atom is -0.388 e. The van der Waals surface area contributed by atoms with Gasteiger partial charge in [0.1, 0.15) is 29.9 Å². The van der Waals surface area contributed by atoms with E-state index in [0.29, 0.717) is 5.92 Å². The molecule has 2 aliphatic heterocycles. The van der Waals surface area contributed by atoms with E-state index in [2.05, 4.69) is 17.6 Å². The molecule has 2 heterocycles. The number of carbonyl (C=O) groups excluding carboxylic acids is 1. The third-order valence-electron chi connectivity index (χ3n) is 6.09. The van der Waals surface area contributed by atoms with E-state index in [9.17, 15) is 20.1 Å². The van der Waals surface area contributed by atoms with Crippen LogP contribution in [0.5, 0.6) is 0 Å². The Balaban J connectivity index is 2.01. The molecule has 9 heteroatoms. The molecular formula is C20H37ClN2O5S. The fourth-order valence-corrected chi connectivity index (χ4v) is 5.09. The smallest absolute Gasteiger partial charge is 0.237 e. The quantitative estimate of drug-likeness (QED) is 0.352. The molecule has 0 aromatic heterocycles. The van der Waals surface area contributed by atoms with E-state index in [1.54, 1.807) is 13.2 Å². The van der Waals surface area contributed by atoms with Gasteiger partial charge in [-0.05, 0) is 44.9 Å². The first-order valence-electron chi connectivity index (χ1n) is 10.7. The van der Waals surface area contributed by atoms with Crippen LogP contribution in [0.2, 0.25) is 0 Å². The Morgan fingerprint density at radius 3 is 2.59 bits per heavy atom. The highest BCUT2D eigenvalue weighted by molar-refractivity contribution is 7.99. The third kappa shape index (κ3) is 6.69. The Kier molecular flexibility index (Phi) is 10.5. The van der Waals surface area contributed by atoms with E-state index in [0.717, 1.165) is 25.8 Å². The lowest BCUT2D eigenvalue weighted by atomic mass is 9.92. The Morgan fingerprint density at radius 1 is 1.24 bits per heavy atom. The average molecular weight is 453 g/mol. The van der Waals surface area contributed by atoms with Crippen molar-refractivity contribution in [1.82, 2.24) is 10.6 Å². The summed E-state index contributed by atoms with van der Waals surface area (Å²) in [6.45, 7) is 4.71. The maximum atomic E-state index is 12.9. The van der Waals surface area contributed by atoms with Gasteiger partial charge in [0.25, 0.3) is 0 Å². The summed E-state index contributed by atoms with van der Waals surface area (Å²) < 4.78 is 5.81. The second-order valence-electron chi connectivity index (χ2n) is 8.27. The van der Waals surface area contributed by atoms with Crippen LogP contribution in [0.3, 0.4) is 0 Å². The number of alkyl halides is 1. The maximum absolute atomic E-state index is 12.9. The minimum absolute atomic E-state index is 0.171. The molecule has 1 unspecified atom stereocenters. The van der Waals surface area contributed by atoms with Gasteiger partial charge in [-0.3, -0.25) is 4.79 Å². The maximum Gasteiger partial charge on any atom is 0.237 e. The second kappa shape index (κ2) is 12.1. The highest BCUT2D eigenvalue weighted by Gasteiger charge is 2.48. The van der Waals surface area contributed by atoms with Gasteiger partial charge in [-0.25, -0.2) is 0 Å². The van der Waals surface area contributed by atoms with Crippen molar-refractivity contribution in [1.29, 1.82) is 0 Å². The SMILES string of the molecule is CCCCC1CCN[C@H](C(=O)N[C@@H]([C@H]2O[C@H](SC)[C@H](O)[C@@H](O)[C@H]2O)[C@H](C)Cl)CC1. The first kappa shape index (κ1) is 25.2. The molecule has 0 aromatic carbocycles. The van der Waals surface area contributed by atoms with Crippen LogP contribution in [0, 0.1) is 5.92 Å². The predicted octanol–water partition coefficient (Wildman–Crippen LogP) is 1.22. The van der Waals surface area contributed by atoms with Gasteiger partial charge < -0.3 is 30.7 Å². The van der Waals surface area contributed by atoms with Crippen LogP contribution in [-0.4, -0.2) is 81.3 Å². The number of thioether (sulfide) groups is 1. The summed E-state index contributed by atoms with van der Waals surface area (Å²) in [5.41, 5.74) is -0.705. The van der Waals surface area contributed by atoms with Crippen LogP contribution in [0.25, 0.3) is 0 Å². The van der Waals surface area contributed by atoms with Gasteiger partial charge in [0.15, 0.2) is 0 Å². The summed E-state index contributed by atoms with van der Waals surface area (Å²) in [5.74, 6) is 0.473. The normalized spacial score (nSPS) is 38.1. The van der Waals surface area contributed by atoms with Crippen LogP contribution in [-0.2, 0) is 9.53 Å². The fraction of sp³-hybridized carbons (Fsp3) is 0.950. The monoisotopic (exact) mass is 452 g/mol. The predicted molar refractivity (Wildman–Crippen MR) is 116 cm³/mol. The van der Waals surface area contributed by atoms with E-state index >= 15 is 0 Å². The summed E-state index contributed by atoms with van der Waals surface area (Å²) in [5, 5.41) is 36.5. The van der Waals surface area contributed by atoms with Gasteiger partial charge in [-0.2, -0.15) is 0 Å². The number of unbranched alkanes of at least 4 members (excludes halogenated alkanes) is 1. The molecule has 2 rings (SSSR count). The van der Waals surface area contributed by atoms with Gasteiger partial charge in [0, 0.05) is 0 Å². The number of aliphatic hydroxyl groups excluding tert-OH is 3. The first-order valence-corrected chi connectivity index (χ1v) is 12.4. The van der Waals surface area contributed by atoms with Gasteiger partial charge in [0.2, 0.25) is 5.91 Å². The van der Waals surface area contributed by atoms with E-state index in [4.69, 9.17) is 16.3 Å². The second-order valence-corrected chi connectivity index (χ2v) is 9.89. The van der Waals surface area contributed by atoms with Crippen LogP contribution in [0.15, 0.2) is 0 Å². The number of rotatable bonds is 8. The molecule has 0 spiro atoms. The average Bonchev–Trinajstić information content (AvgIpc) is 2.95. The molecule has 7 nitrogen and oxygen atoms in total. The molecule has 5 N–H and O–H groups in total. The molecule has 0 aromatic rings. The molecular weight excluding hydrogens is 416 g/mol. The Labute approximate surface area is 183 Å². The fourth-order valence-electron chi connectivity index (χ4n) is 4.20. The van der Waals surface area contributed by atoms with E-state index in [1.165, 1.54) is 31.0 Å². The third-order valence-corrected chi connectivity index (χ3v) is 7.21. The Hall–Kier alpha value is -0.0900. The summed E-state index contributed by atoms with van der Waals surface area (Å²) >= 11 is 7.57. The first-order chi connectivity index (χ1) is 13.8. The lowest BCUT2D eigenvalue weighted by Gasteiger charge is -2.44. The molecule has 29 heavy (non-hydrogen) atoms. The number of ether oxygens (including phenoxy) is 1. The molecule has 0 radical (unpaired) electrons. The Bertz CT molecular complexity index is 513. The number of halogens is 1. The van der Waals surface area contributed by atoms with Crippen molar-refractivity contribution in [2.75, 3.05) is 12.8 Å². The number of amides is 1. The molecule has 2 saturated heterocycles. The van der Waals surface area contributed by atoms with Crippen molar-refractivity contribution in [2.24, 2.45) is 5.92 Å². The van der Waals surface area contributed by atoms with Gasteiger partial charge in [-0.1, -0.05) is 26.2 Å². The van der Waals surface area contributed by atoms with Crippen molar-refractivity contribution in [3.63, 3.8) is 0 Å². The van der Waals surface area contributed by atoms with Crippen molar-refractivity contribution in [2.45, 2.75) is 99.7 Å². The lowest BCUT2D eigenvalue weighted by molar-refractivity contribution is -0.205. The van der Waals surface area contributed by atoms with Crippen LogP contribution >= 0.6 is 23.4 Å². The summed E-state index contributed by atoms with van der Waals surface area (Å²) in [6.07, 6.45) is 3.36. The van der Waals surface area contributed by atoms with E-state index in [1.807, 2.05) is 0 Å². The van der Waals surface area contributed by atoms with Crippen LogP contribution in [0.4, 0.5) is 0 Å². The molecule has 0 saturated carbocycles. The summed E-state index contributed by atoms with van der Waals surface area (Å²) in [6, 6.07) is -1.01. The molecule has 2 aliphatic rings. The van der Waals surface area contributed by atoms with Crippen molar-refractivity contribution < 1.29 is 24.9 Å². The molecule has 2 fully saturated rings. The standard InChI is InChI=1S/C20H37ClN2O5S/c1-4-5-6-12-7-8-13(22-10-9-12)19(27)23-14(11(2)21)18-16(25)15(24)17(26)20(28-18)29-3/h11-18,20,22,24-26H,4-10H2,1-3H3,(H,23,27)/t11-,12?,13-,14+,15-,16+,17+,18+,20+/m0/s1. The number of nitrogens with one attached hydrogen (secondary N) is 2. The molecule has 0 bridgehead atoms. The topological polar surface area (TPSA) is 111 Å². The summed E-state index contributed by atoms with van der Waals surface area (Å²) in [4.78, 5) is 12.9. The largest absolute Gasteiger partial charge is 0.388 e. The molecule has 1 amide bonds.